The largest absolute Gasteiger partial charge is 0.339 e. The first-order valence-corrected chi connectivity index (χ1v) is 16.5. The molecule has 1 aromatic carbocycles. The first kappa shape index (κ1) is 29.6. The number of benzene rings is 1. The topological polar surface area (TPSA) is 115 Å². The average Bonchev–Trinajstić information content (AvgIpc) is 3.67. The van der Waals surface area contributed by atoms with Crippen LogP contribution >= 0.6 is 0 Å². The predicted octanol–water partition coefficient (Wildman–Crippen LogP) is 6.13. The van der Waals surface area contributed by atoms with Crippen molar-refractivity contribution < 1.29 is 4.79 Å². The van der Waals surface area contributed by atoms with Crippen LogP contribution in [0.2, 0.25) is 0 Å². The fourth-order valence-corrected chi connectivity index (χ4v) is 7.66. The number of piperidine rings is 2. The molecule has 9 heteroatoms. The quantitative estimate of drug-likeness (QED) is 0.175. The van der Waals surface area contributed by atoms with E-state index in [4.69, 9.17) is 4.98 Å². The number of nitrogens with zero attached hydrogens (tertiary/aromatic N) is 5. The Morgan fingerprint density at radius 1 is 1.02 bits per heavy atom. The number of amides is 1. The molecule has 8 rings (SSSR count). The van der Waals surface area contributed by atoms with E-state index in [1.54, 1.807) is 0 Å². The molecule has 0 spiro atoms. The molecule has 234 valence electrons. The van der Waals surface area contributed by atoms with Crippen LogP contribution in [0.3, 0.4) is 0 Å². The van der Waals surface area contributed by atoms with E-state index < -0.39 is 5.41 Å². The zero-order valence-corrected chi connectivity index (χ0v) is 27.1. The fourth-order valence-electron chi connectivity index (χ4n) is 7.66. The third-order valence-corrected chi connectivity index (χ3v) is 10.2. The highest BCUT2D eigenvalue weighted by Gasteiger charge is 2.42. The maximum Gasteiger partial charge on any atom is 0.232 e. The molecule has 2 saturated heterocycles. The van der Waals surface area contributed by atoms with Gasteiger partial charge in [0.1, 0.15) is 11.2 Å². The molecule has 3 fully saturated rings. The Bertz CT molecular complexity index is 1840. The van der Waals surface area contributed by atoms with Crippen molar-refractivity contribution in [2.24, 2.45) is 5.92 Å². The Balaban J connectivity index is 1.18. The van der Waals surface area contributed by atoms with Gasteiger partial charge in [0.25, 0.3) is 0 Å². The molecule has 1 aliphatic carbocycles. The minimum atomic E-state index is -0.659. The number of hydrogen-bond acceptors (Lipinski definition) is 6. The number of aromatic amines is 2. The van der Waals surface area contributed by atoms with E-state index >= 15 is 0 Å². The molecule has 4 aromatic heterocycles. The lowest BCUT2D eigenvalue weighted by molar-refractivity contribution is -0.144. The summed E-state index contributed by atoms with van der Waals surface area (Å²) >= 11 is 0. The van der Waals surface area contributed by atoms with Crippen LogP contribution in [0, 0.1) is 19.8 Å². The van der Waals surface area contributed by atoms with Gasteiger partial charge in [0.05, 0.1) is 11.1 Å². The molecule has 1 saturated carbocycles. The molecular formula is C36H44N8O. The van der Waals surface area contributed by atoms with Crippen LogP contribution in [0.25, 0.3) is 33.5 Å². The van der Waals surface area contributed by atoms with Gasteiger partial charge in [0.2, 0.25) is 11.6 Å². The van der Waals surface area contributed by atoms with Crippen molar-refractivity contribution in [3.05, 3.63) is 70.5 Å². The zero-order chi connectivity index (χ0) is 31.3. The van der Waals surface area contributed by atoms with Gasteiger partial charge in [-0.1, -0.05) is 24.1 Å². The Labute approximate surface area is 264 Å². The summed E-state index contributed by atoms with van der Waals surface area (Å²) < 4.78 is 0. The van der Waals surface area contributed by atoms with Crippen LogP contribution in [0.5, 0.6) is 0 Å². The van der Waals surface area contributed by atoms with Gasteiger partial charge in [-0.2, -0.15) is 10.3 Å². The highest BCUT2D eigenvalue weighted by atomic mass is 16.2. The van der Waals surface area contributed by atoms with Gasteiger partial charge in [-0.25, -0.2) is 9.97 Å². The van der Waals surface area contributed by atoms with Crippen molar-refractivity contribution in [2.45, 2.75) is 84.1 Å². The number of rotatable bonds is 9. The molecule has 2 bridgehead atoms. The van der Waals surface area contributed by atoms with Crippen LogP contribution in [0.15, 0.2) is 42.7 Å². The summed E-state index contributed by atoms with van der Waals surface area (Å²) in [6.07, 6.45) is 9.43. The van der Waals surface area contributed by atoms with Crippen LogP contribution in [-0.2, 0) is 16.6 Å². The van der Waals surface area contributed by atoms with E-state index in [0.717, 1.165) is 72.3 Å². The van der Waals surface area contributed by atoms with Crippen molar-refractivity contribution in [1.82, 2.24) is 40.6 Å². The molecule has 1 atom stereocenters. The summed E-state index contributed by atoms with van der Waals surface area (Å²) in [4.78, 5) is 29.3. The molecule has 3 N–H and O–H groups in total. The summed E-state index contributed by atoms with van der Waals surface area (Å²) in [6, 6.07) is 11.4. The standard InChI is InChI=1S/C36H44N8O/c1-21-12-22(2)14-26(13-21)32-31(23(3)17-37-11-10-25-15-30-34(38-18-25)42-43-41-30)29-16-27(19-39-33(29)40-32)36(4,5)35(45)44-20-24-6-8-28(44)9-7-24/h12-16,18-19,23-24,28,37H,6-11,17,20H2,1-5H3,(H,39,40)(H,38,41,42,43)/t23-,24?,28?/m1/s1. The highest BCUT2D eigenvalue weighted by molar-refractivity contribution is 5.93. The van der Waals surface area contributed by atoms with E-state index in [1.165, 1.54) is 35.1 Å². The van der Waals surface area contributed by atoms with Gasteiger partial charge in [0.15, 0.2) is 0 Å². The molecule has 3 aliphatic rings. The van der Waals surface area contributed by atoms with Crippen molar-refractivity contribution in [3.63, 3.8) is 0 Å². The van der Waals surface area contributed by atoms with E-state index in [2.05, 4.69) is 94.5 Å². The second-order valence-electron chi connectivity index (χ2n) is 14.0. The van der Waals surface area contributed by atoms with Crippen LogP contribution < -0.4 is 5.32 Å². The number of hydrogen-bond donors (Lipinski definition) is 3. The third kappa shape index (κ3) is 5.63. The predicted molar refractivity (Wildman–Crippen MR) is 178 cm³/mol. The Morgan fingerprint density at radius 2 is 1.80 bits per heavy atom. The maximum atomic E-state index is 14.1. The zero-order valence-electron chi connectivity index (χ0n) is 27.1. The van der Waals surface area contributed by atoms with Gasteiger partial charge < -0.3 is 15.2 Å². The van der Waals surface area contributed by atoms with Crippen LogP contribution in [-0.4, -0.2) is 66.8 Å². The first-order valence-electron chi connectivity index (χ1n) is 16.5. The smallest absolute Gasteiger partial charge is 0.232 e. The minimum Gasteiger partial charge on any atom is -0.339 e. The number of carbonyl (C=O) groups is 1. The maximum absolute atomic E-state index is 14.1. The molecule has 1 amide bonds. The van der Waals surface area contributed by atoms with Gasteiger partial charge in [0, 0.05) is 36.9 Å². The summed E-state index contributed by atoms with van der Waals surface area (Å²) in [5.74, 6) is 1.08. The first-order chi connectivity index (χ1) is 21.7. The van der Waals surface area contributed by atoms with Gasteiger partial charge in [-0.3, -0.25) is 4.79 Å². The summed E-state index contributed by atoms with van der Waals surface area (Å²) in [5.41, 5.74) is 9.71. The van der Waals surface area contributed by atoms with E-state index in [1.807, 2.05) is 18.5 Å². The van der Waals surface area contributed by atoms with Gasteiger partial charge in [-0.15, -0.1) is 5.10 Å². The molecule has 0 unspecified atom stereocenters. The number of pyridine rings is 2. The Hall–Kier alpha value is -4.11. The molecule has 6 heterocycles. The molecule has 2 aliphatic heterocycles. The summed E-state index contributed by atoms with van der Waals surface area (Å²) in [7, 11) is 0. The van der Waals surface area contributed by atoms with Crippen LogP contribution in [0.4, 0.5) is 0 Å². The summed E-state index contributed by atoms with van der Waals surface area (Å²) in [6.45, 7) is 13.2. The number of nitrogens with one attached hydrogen (secondary N) is 3. The second-order valence-corrected chi connectivity index (χ2v) is 14.0. The number of H-pyrrole nitrogens is 2. The molecule has 9 nitrogen and oxygen atoms in total. The lowest BCUT2D eigenvalue weighted by Crippen LogP contribution is -2.55. The Morgan fingerprint density at radius 3 is 2.53 bits per heavy atom. The number of fused-ring (bicyclic) bond motifs is 5. The summed E-state index contributed by atoms with van der Waals surface area (Å²) in [5, 5.41) is 15.6. The molecule has 5 aromatic rings. The van der Waals surface area contributed by atoms with Crippen LogP contribution in [0.1, 0.15) is 80.2 Å². The van der Waals surface area contributed by atoms with Gasteiger partial charge >= 0.3 is 0 Å². The number of aryl methyl sites for hydroxylation is 2. The van der Waals surface area contributed by atoms with E-state index in [9.17, 15) is 4.79 Å². The molecular weight excluding hydrogens is 560 g/mol. The van der Waals surface area contributed by atoms with Crippen molar-refractivity contribution in [1.29, 1.82) is 0 Å². The second kappa shape index (κ2) is 11.7. The number of carbonyl (C=O) groups excluding carboxylic acids is 1. The third-order valence-electron chi connectivity index (χ3n) is 10.2. The van der Waals surface area contributed by atoms with Crippen molar-refractivity contribution >= 4 is 28.1 Å². The normalized spacial score (nSPS) is 19.1. The highest BCUT2D eigenvalue weighted by Crippen LogP contribution is 2.40. The lowest BCUT2D eigenvalue weighted by atomic mass is 9.76. The SMILES string of the molecule is Cc1cc(C)cc(-c2[nH]c3ncc(C(C)(C)C(=O)N4CC5CCC4CC5)cc3c2[C@H](C)CNCCc2cnc3n[nH]nc3c2)c1. The van der Waals surface area contributed by atoms with E-state index in [0.29, 0.717) is 17.6 Å². The fraction of sp³-hybridized carbons (Fsp3) is 0.472. The number of aromatic nitrogens is 6. The molecule has 45 heavy (non-hydrogen) atoms. The average molecular weight is 605 g/mol. The van der Waals surface area contributed by atoms with Crippen molar-refractivity contribution in [3.8, 4) is 11.3 Å². The monoisotopic (exact) mass is 604 g/mol. The lowest BCUT2D eigenvalue weighted by Gasteiger charge is -2.47. The van der Waals surface area contributed by atoms with Gasteiger partial charge in [-0.05, 0) is 125 Å². The Kier molecular flexibility index (Phi) is 7.68. The van der Waals surface area contributed by atoms with Crippen molar-refractivity contribution in [2.75, 3.05) is 19.6 Å². The molecule has 0 radical (unpaired) electrons. The minimum absolute atomic E-state index is 0.194. The van der Waals surface area contributed by atoms with E-state index in [-0.39, 0.29) is 11.8 Å².